The first-order valence-electron chi connectivity index (χ1n) is 5.52. The maximum absolute atomic E-state index is 11.7. The molecular weight excluding hydrogens is 192 g/mol. The van der Waals surface area contributed by atoms with Crippen molar-refractivity contribution in [3.63, 3.8) is 0 Å². The van der Waals surface area contributed by atoms with E-state index >= 15 is 0 Å². The second-order valence-electron chi connectivity index (χ2n) is 5.39. The Hall–Kier alpha value is -0.610. The van der Waals surface area contributed by atoms with Crippen molar-refractivity contribution < 1.29 is 9.90 Å². The molecule has 1 aliphatic heterocycles. The van der Waals surface area contributed by atoms with Crippen molar-refractivity contribution >= 4 is 5.91 Å². The van der Waals surface area contributed by atoms with E-state index < -0.39 is 0 Å². The van der Waals surface area contributed by atoms with Gasteiger partial charge in [0.2, 0.25) is 5.91 Å². The van der Waals surface area contributed by atoms with Crippen molar-refractivity contribution in [2.45, 2.75) is 39.3 Å². The second kappa shape index (κ2) is 4.49. The fourth-order valence-electron chi connectivity index (χ4n) is 2.10. The van der Waals surface area contributed by atoms with Crippen LogP contribution in [0, 0.1) is 5.92 Å². The lowest BCUT2D eigenvalue weighted by atomic mass is 9.97. The normalized spacial score (nSPS) is 26.8. The molecule has 1 unspecified atom stereocenters. The van der Waals surface area contributed by atoms with E-state index in [0.29, 0.717) is 5.92 Å². The van der Waals surface area contributed by atoms with Gasteiger partial charge in [0.05, 0.1) is 6.61 Å². The van der Waals surface area contributed by atoms with E-state index in [-0.39, 0.29) is 24.1 Å². The molecule has 1 fully saturated rings. The minimum absolute atomic E-state index is 0.0607. The summed E-state index contributed by atoms with van der Waals surface area (Å²) in [6.45, 7) is 9.79. The Morgan fingerprint density at radius 1 is 1.60 bits per heavy atom. The molecule has 0 spiro atoms. The standard InChI is InChI=1S/C11H22N2O2/c1-8(2)5-13-7-11(3,4)12-10(15)9(13)6-14/h8-9,14H,5-7H2,1-4H3,(H,12,15). The van der Waals surface area contributed by atoms with Crippen molar-refractivity contribution in [2.24, 2.45) is 5.92 Å². The molecule has 0 aromatic rings. The van der Waals surface area contributed by atoms with Gasteiger partial charge >= 0.3 is 0 Å². The van der Waals surface area contributed by atoms with Crippen LogP contribution in [-0.2, 0) is 4.79 Å². The SMILES string of the molecule is CC(C)CN1CC(C)(C)NC(=O)C1CO. The molecule has 88 valence electrons. The summed E-state index contributed by atoms with van der Waals surface area (Å²) in [5, 5.41) is 12.1. The smallest absolute Gasteiger partial charge is 0.240 e. The number of nitrogens with zero attached hydrogens (tertiary/aromatic N) is 1. The molecule has 1 saturated heterocycles. The topological polar surface area (TPSA) is 52.6 Å². The largest absolute Gasteiger partial charge is 0.394 e. The fourth-order valence-corrected chi connectivity index (χ4v) is 2.10. The maximum Gasteiger partial charge on any atom is 0.240 e. The Balaban J connectivity index is 2.74. The summed E-state index contributed by atoms with van der Waals surface area (Å²) in [5.74, 6) is 0.440. The first-order valence-corrected chi connectivity index (χ1v) is 5.52. The minimum Gasteiger partial charge on any atom is -0.394 e. The third kappa shape index (κ3) is 3.18. The van der Waals surface area contributed by atoms with E-state index in [2.05, 4.69) is 24.1 Å². The Bertz CT molecular complexity index is 239. The fraction of sp³-hybridized carbons (Fsp3) is 0.909. The molecule has 1 amide bonds. The first kappa shape index (κ1) is 12.5. The second-order valence-corrected chi connectivity index (χ2v) is 5.39. The molecule has 1 rings (SSSR count). The molecule has 1 heterocycles. The number of rotatable bonds is 3. The summed E-state index contributed by atoms with van der Waals surface area (Å²) in [6.07, 6.45) is 0. The van der Waals surface area contributed by atoms with Gasteiger partial charge in [0.25, 0.3) is 0 Å². The van der Waals surface area contributed by atoms with Gasteiger partial charge in [-0.25, -0.2) is 0 Å². The molecule has 0 saturated carbocycles. The summed E-state index contributed by atoms with van der Waals surface area (Å²) < 4.78 is 0. The van der Waals surface area contributed by atoms with Gasteiger partial charge < -0.3 is 10.4 Å². The van der Waals surface area contributed by atoms with Crippen LogP contribution in [0.1, 0.15) is 27.7 Å². The summed E-state index contributed by atoms with van der Waals surface area (Å²) in [4.78, 5) is 13.8. The molecule has 4 heteroatoms. The maximum atomic E-state index is 11.7. The van der Waals surface area contributed by atoms with E-state index in [9.17, 15) is 9.90 Å². The highest BCUT2D eigenvalue weighted by Crippen LogP contribution is 2.17. The zero-order chi connectivity index (χ0) is 11.6. The number of carbonyl (C=O) groups is 1. The monoisotopic (exact) mass is 214 g/mol. The van der Waals surface area contributed by atoms with Gasteiger partial charge in [-0.15, -0.1) is 0 Å². The number of piperazine rings is 1. The number of hydrogen-bond donors (Lipinski definition) is 2. The summed E-state index contributed by atoms with van der Waals surface area (Å²) in [5.41, 5.74) is -0.197. The predicted octanol–water partition coefficient (Wildman–Crippen LogP) is 0.214. The summed E-state index contributed by atoms with van der Waals surface area (Å²) in [6, 6.07) is -0.375. The van der Waals surface area contributed by atoms with Crippen molar-refractivity contribution in [1.82, 2.24) is 10.2 Å². The van der Waals surface area contributed by atoms with Gasteiger partial charge in [-0.1, -0.05) is 13.8 Å². The number of nitrogens with one attached hydrogen (secondary N) is 1. The van der Waals surface area contributed by atoms with Crippen LogP contribution >= 0.6 is 0 Å². The van der Waals surface area contributed by atoms with Gasteiger partial charge in [0.1, 0.15) is 6.04 Å². The molecule has 0 aromatic heterocycles. The van der Waals surface area contributed by atoms with Gasteiger partial charge in [0.15, 0.2) is 0 Å². The number of hydrogen-bond acceptors (Lipinski definition) is 3. The lowest BCUT2D eigenvalue weighted by Crippen LogP contribution is -2.66. The van der Waals surface area contributed by atoms with Gasteiger partial charge in [0, 0.05) is 18.6 Å². The van der Waals surface area contributed by atoms with Gasteiger partial charge in [-0.2, -0.15) is 0 Å². The average Bonchev–Trinajstić information content (AvgIpc) is 1.99. The van der Waals surface area contributed by atoms with Crippen LogP contribution in [0.3, 0.4) is 0 Å². The molecule has 15 heavy (non-hydrogen) atoms. The van der Waals surface area contributed by atoms with Crippen molar-refractivity contribution in [1.29, 1.82) is 0 Å². The Morgan fingerprint density at radius 3 is 2.67 bits per heavy atom. The van der Waals surface area contributed by atoms with E-state index in [0.717, 1.165) is 13.1 Å². The lowest BCUT2D eigenvalue weighted by Gasteiger charge is -2.43. The third-order valence-corrected chi connectivity index (χ3v) is 2.58. The van der Waals surface area contributed by atoms with Crippen molar-refractivity contribution in [2.75, 3.05) is 19.7 Å². The average molecular weight is 214 g/mol. The Morgan fingerprint density at radius 2 is 2.20 bits per heavy atom. The van der Waals surface area contributed by atoms with E-state index in [1.807, 2.05) is 13.8 Å². The molecule has 2 N–H and O–H groups in total. The highest BCUT2D eigenvalue weighted by Gasteiger charge is 2.37. The van der Waals surface area contributed by atoms with Crippen LogP contribution in [0.25, 0.3) is 0 Å². The Kier molecular flexibility index (Phi) is 3.73. The molecule has 0 radical (unpaired) electrons. The van der Waals surface area contributed by atoms with Crippen molar-refractivity contribution in [3.8, 4) is 0 Å². The molecule has 0 bridgehead atoms. The number of amides is 1. The molecular formula is C11H22N2O2. The van der Waals surface area contributed by atoms with Crippen LogP contribution < -0.4 is 5.32 Å². The Labute approximate surface area is 91.6 Å². The van der Waals surface area contributed by atoms with E-state index in [4.69, 9.17) is 0 Å². The van der Waals surface area contributed by atoms with E-state index in [1.54, 1.807) is 0 Å². The third-order valence-electron chi connectivity index (χ3n) is 2.58. The zero-order valence-electron chi connectivity index (χ0n) is 10.1. The lowest BCUT2D eigenvalue weighted by molar-refractivity contribution is -0.134. The van der Waals surface area contributed by atoms with E-state index in [1.165, 1.54) is 0 Å². The van der Waals surface area contributed by atoms with Crippen molar-refractivity contribution in [3.05, 3.63) is 0 Å². The van der Waals surface area contributed by atoms with Crippen LogP contribution in [0.4, 0.5) is 0 Å². The van der Waals surface area contributed by atoms with Gasteiger partial charge in [-0.05, 0) is 19.8 Å². The predicted molar refractivity (Wildman–Crippen MR) is 59.5 cm³/mol. The van der Waals surface area contributed by atoms with Crippen LogP contribution in [0.5, 0.6) is 0 Å². The van der Waals surface area contributed by atoms with Gasteiger partial charge in [-0.3, -0.25) is 9.69 Å². The highest BCUT2D eigenvalue weighted by molar-refractivity contribution is 5.83. The quantitative estimate of drug-likeness (QED) is 0.706. The number of aliphatic hydroxyl groups excluding tert-OH is 1. The zero-order valence-corrected chi connectivity index (χ0v) is 10.1. The minimum atomic E-state index is -0.375. The first-order chi connectivity index (χ1) is 6.85. The number of carbonyl (C=O) groups excluding carboxylic acids is 1. The molecule has 0 aromatic carbocycles. The highest BCUT2D eigenvalue weighted by atomic mass is 16.3. The number of aliphatic hydroxyl groups is 1. The molecule has 4 nitrogen and oxygen atoms in total. The molecule has 1 aliphatic rings. The van der Waals surface area contributed by atoms with Crippen LogP contribution in [-0.4, -0.2) is 47.2 Å². The molecule has 0 aliphatic carbocycles. The summed E-state index contributed by atoms with van der Waals surface area (Å²) >= 11 is 0. The van der Waals surface area contributed by atoms with Crippen LogP contribution in [0.15, 0.2) is 0 Å². The van der Waals surface area contributed by atoms with Crippen LogP contribution in [0.2, 0.25) is 0 Å². The molecule has 1 atom stereocenters. The summed E-state index contributed by atoms with van der Waals surface area (Å²) in [7, 11) is 0.